The molecule has 0 saturated carbocycles. The first kappa shape index (κ1) is 23.8. The van der Waals surface area contributed by atoms with Crippen molar-refractivity contribution >= 4 is 71.8 Å². The van der Waals surface area contributed by atoms with Crippen molar-refractivity contribution in [3.05, 3.63) is 146 Å². The van der Waals surface area contributed by atoms with Crippen LogP contribution in [0.25, 0.3) is 65.9 Å². The minimum atomic E-state index is 0.799. The van der Waals surface area contributed by atoms with Gasteiger partial charge in [0, 0.05) is 33.7 Å². The summed E-state index contributed by atoms with van der Waals surface area (Å²) in [6.45, 7) is 0. The van der Waals surface area contributed by atoms with Gasteiger partial charge in [0.1, 0.15) is 22.3 Å². The average Bonchev–Trinajstić information content (AvgIpc) is 3.65. The Morgan fingerprint density at radius 2 is 1.23 bits per heavy atom. The van der Waals surface area contributed by atoms with Gasteiger partial charge in [-0.15, -0.1) is 0 Å². The molecule has 0 fully saturated rings. The normalized spacial score (nSPS) is 11.7. The Kier molecular flexibility index (Phi) is 5.16. The molecule has 0 aliphatic heterocycles. The van der Waals surface area contributed by atoms with Gasteiger partial charge < -0.3 is 13.7 Å². The molecule has 4 nitrogen and oxygen atoms in total. The van der Waals surface area contributed by atoms with Gasteiger partial charge in [-0.3, -0.25) is 4.98 Å². The Balaban J connectivity index is 1.27. The molecule has 3 aromatic heterocycles. The predicted molar refractivity (Wildman–Crippen MR) is 176 cm³/mol. The second kappa shape index (κ2) is 9.33. The maximum Gasteiger partial charge on any atom is 0.153 e. The average molecular weight is 553 g/mol. The third kappa shape index (κ3) is 3.74. The molecule has 202 valence electrons. The van der Waals surface area contributed by atoms with Crippen LogP contribution < -0.4 is 4.90 Å². The van der Waals surface area contributed by atoms with Crippen molar-refractivity contribution in [1.29, 1.82) is 0 Å². The van der Waals surface area contributed by atoms with Gasteiger partial charge >= 0.3 is 0 Å². The fourth-order valence-corrected chi connectivity index (χ4v) is 6.31. The fraction of sp³-hybridized carbons (Fsp3) is 0. The molecular weight excluding hydrogens is 528 g/mol. The first-order valence-electron chi connectivity index (χ1n) is 14.4. The Hall–Kier alpha value is -5.87. The summed E-state index contributed by atoms with van der Waals surface area (Å²) >= 11 is 0. The standard InChI is InChI=1S/C39H24N2O2/c1-2-8-25(9-3-1)26-15-18-28(19-16-26)41(33-11-6-13-35-37(33)31-10-4-5-12-34(31)42-35)29-20-22-30-27(24-29)17-21-32-38-36(43-39(30)32)14-7-23-40-38/h1-24H. The highest BCUT2D eigenvalue weighted by Gasteiger charge is 2.20. The van der Waals surface area contributed by atoms with Crippen LogP contribution in [0.2, 0.25) is 0 Å². The minimum Gasteiger partial charge on any atom is -0.456 e. The summed E-state index contributed by atoms with van der Waals surface area (Å²) in [6.07, 6.45) is 1.81. The van der Waals surface area contributed by atoms with Gasteiger partial charge in [0.2, 0.25) is 0 Å². The number of nitrogens with zero attached hydrogens (tertiary/aromatic N) is 2. The zero-order valence-electron chi connectivity index (χ0n) is 23.1. The van der Waals surface area contributed by atoms with Crippen molar-refractivity contribution in [3.8, 4) is 11.1 Å². The number of hydrogen-bond acceptors (Lipinski definition) is 4. The summed E-state index contributed by atoms with van der Waals surface area (Å²) in [4.78, 5) is 6.89. The molecule has 0 bridgehead atoms. The van der Waals surface area contributed by atoms with Gasteiger partial charge in [0.05, 0.1) is 11.1 Å². The van der Waals surface area contributed by atoms with Crippen molar-refractivity contribution in [2.45, 2.75) is 0 Å². The van der Waals surface area contributed by atoms with E-state index in [1.807, 2.05) is 42.6 Å². The summed E-state index contributed by atoms with van der Waals surface area (Å²) in [5.74, 6) is 0. The van der Waals surface area contributed by atoms with Crippen LogP contribution in [0, 0.1) is 0 Å². The van der Waals surface area contributed by atoms with Crippen molar-refractivity contribution in [2.75, 3.05) is 4.90 Å². The highest BCUT2D eigenvalue weighted by atomic mass is 16.3. The monoisotopic (exact) mass is 552 g/mol. The maximum absolute atomic E-state index is 6.30. The Morgan fingerprint density at radius 1 is 0.488 bits per heavy atom. The zero-order valence-corrected chi connectivity index (χ0v) is 23.1. The molecule has 9 aromatic rings. The van der Waals surface area contributed by atoms with E-state index in [1.165, 1.54) is 11.1 Å². The van der Waals surface area contributed by atoms with E-state index in [2.05, 4.69) is 113 Å². The number of para-hydroxylation sites is 1. The lowest BCUT2D eigenvalue weighted by Crippen LogP contribution is -2.10. The maximum atomic E-state index is 6.30. The molecule has 0 radical (unpaired) electrons. The smallest absolute Gasteiger partial charge is 0.153 e. The van der Waals surface area contributed by atoms with Gasteiger partial charge in [-0.1, -0.05) is 72.8 Å². The van der Waals surface area contributed by atoms with E-state index in [-0.39, 0.29) is 0 Å². The molecule has 9 rings (SSSR count). The Bertz CT molecular complexity index is 2450. The molecule has 0 aliphatic carbocycles. The van der Waals surface area contributed by atoms with Crippen LogP contribution in [-0.2, 0) is 0 Å². The van der Waals surface area contributed by atoms with Crippen LogP contribution >= 0.6 is 0 Å². The van der Waals surface area contributed by atoms with Crippen molar-refractivity contribution in [1.82, 2.24) is 4.98 Å². The topological polar surface area (TPSA) is 42.4 Å². The largest absolute Gasteiger partial charge is 0.456 e. The number of hydrogen-bond donors (Lipinski definition) is 0. The molecule has 0 aliphatic rings. The van der Waals surface area contributed by atoms with E-state index in [4.69, 9.17) is 8.83 Å². The predicted octanol–water partition coefficient (Wildman–Crippen LogP) is 11.2. The Morgan fingerprint density at radius 3 is 2.14 bits per heavy atom. The summed E-state index contributed by atoms with van der Waals surface area (Å²) in [5, 5.41) is 5.36. The van der Waals surface area contributed by atoms with Crippen LogP contribution in [0.4, 0.5) is 17.1 Å². The third-order valence-corrected chi connectivity index (χ3v) is 8.30. The summed E-state index contributed by atoms with van der Waals surface area (Å²) < 4.78 is 12.6. The van der Waals surface area contributed by atoms with E-state index < -0.39 is 0 Å². The van der Waals surface area contributed by atoms with E-state index in [0.717, 1.165) is 71.8 Å². The first-order valence-corrected chi connectivity index (χ1v) is 14.4. The molecule has 4 heteroatoms. The van der Waals surface area contributed by atoms with Crippen LogP contribution in [0.1, 0.15) is 0 Å². The molecule has 43 heavy (non-hydrogen) atoms. The highest BCUT2D eigenvalue weighted by Crippen LogP contribution is 2.44. The number of pyridine rings is 1. The van der Waals surface area contributed by atoms with E-state index in [1.54, 1.807) is 0 Å². The molecule has 0 spiro atoms. The zero-order chi connectivity index (χ0) is 28.3. The Labute approximate surface area is 247 Å². The van der Waals surface area contributed by atoms with E-state index in [0.29, 0.717) is 0 Å². The van der Waals surface area contributed by atoms with E-state index >= 15 is 0 Å². The summed E-state index contributed by atoms with van der Waals surface area (Å²) in [5.41, 5.74) is 9.83. The van der Waals surface area contributed by atoms with Crippen LogP contribution in [0.15, 0.2) is 155 Å². The van der Waals surface area contributed by atoms with E-state index in [9.17, 15) is 0 Å². The first-order chi connectivity index (χ1) is 21.3. The van der Waals surface area contributed by atoms with Crippen molar-refractivity contribution in [3.63, 3.8) is 0 Å². The van der Waals surface area contributed by atoms with Gasteiger partial charge in [0.15, 0.2) is 5.58 Å². The number of rotatable bonds is 4. The van der Waals surface area contributed by atoms with Gasteiger partial charge in [-0.2, -0.15) is 0 Å². The second-order valence-corrected chi connectivity index (χ2v) is 10.8. The minimum absolute atomic E-state index is 0.799. The quantitative estimate of drug-likeness (QED) is 0.218. The number of anilines is 3. The van der Waals surface area contributed by atoms with Crippen molar-refractivity contribution in [2.24, 2.45) is 0 Å². The summed E-state index contributed by atoms with van der Waals surface area (Å²) in [6, 6.07) is 48.5. The molecular formula is C39H24N2O2. The number of benzene rings is 6. The lowest BCUT2D eigenvalue weighted by atomic mass is 10.0. The molecule has 0 amide bonds. The number of fused-ring (bicyclic) bond motifs is 8. The van der Waals surface area contributed by atoms with Crippen LogP contribution in [0.3, 0.4) is 0 Å². The number of furan rings is 2. The second-order valence-electron chi connectivity index (χ2n) is 10.8. The number of aromatic nitrogens is 1. The molecule has 0 unspecified atom stereocenters. The third-order valence-electron chi connectivity index (χ3n) is 8.30. The van der Waals surface area contributed by atoms with Crippen molar-refractivity contribution < 1.29 is 8.83 Å². The fourth-order valence-electron chi connectivity index (χ4n) is 6.31. The summed E-state index contributed by atoms with van der Waals surface area (Å²) in [7, 11) is 0. The molecule has 0 atom stereocenters. The van der Waals surface area contributed by atoms with Gasteiger partial charge in [-0.25, -0.2) is 0 Å². The lowest BCUT2D eigenvalue weighted by molar-refractivity contribution is 0.669. The van der Waals surface area contributed by atoms with Gasteiger partial charge in [-0.05, 0) is 83.2 Å². The van der Waals surface area contributed by atoms with Crippen LogP contribution in [-0.4, -0.2) is 4.98 Å². The van der Waals surface area contributed by atoms with Crippen LogP contribution in [0.5, 0.6) is 0 Å². The molecule has 0 saturated heterocycles. The molecule has 3 heterocycles. The molecule has 6 aromatic carbocycles. The van der Waals surface area contributed by atoms with Gasteiger partial charge in [0.25, 0.3) is 0 Å². The SMILES string of the molecule is c1ccc(-c2ccc(N(c3ccc4c(ccc5c6ncccc6oc45)c3)c3cccc4oc5ccccc5c34)cc2)cc1. The highest BCUT2D eigenvalue weighted by molar-refractivity contribution is 6.16. The molecule has 0 N–H and O–H groups in total. The lowest BCUT2D eigenvalue weighted by Gasteiger charge is -2.27.